The third-order valence-corrected chi connectivity index (χ3v) is 8.00. The fourth-order valence-electron chi connectivity index (χ4n) is 3.86. The van der Waals surface area contributed by atoms with Crippen LogP contribution in [0.3, 0.4) is 0 Å². The number of carbonyl (C=O) groups is 1. The molecule has 0 bridgehead atoms. The Kier molecular flexibility index (Phi) is 6.33. The summed E-state index contributed by atoms with van der Waals surface area (Å²) >= 11 is 1.60. The van der Waals surface area contributed by atoms with Gasteiger partial charge in [0, 0.05) is 34.4 Å². The summed E-state index contributed by atoms with van der Waals surface area (Å²) in [5.41, 5.74) is 4.66. The normalized spacial score (nSPS) is 12.9. The van der Waals surface area contributed by atoms with Gasteiger partial charge in [-0.2, -0.15) is 0 Å². The molecule has 0 radical (unpaired) electrons. The molecule has 8 nitrogen and oxygen atoms in total. The molecule has 0 saturated heterocycles. The van der Waals surface area contributed by atoms with E-state index in [1.54, 1.807) is 41.8 Å². The highest BCUT2D eigenvalue weighted by Gasteiger charge is 2.21. The highest BCUT2D eigenvalue weighted by molar-refractivity contribution is 7.89. The van der Waals surface area contributed by atoms with E-state index >= 15 is 0 Å². The summed E-state index contributed by atoms with van der Waals surface area (Å²) in [6.07, 6.45) is 2.49. The molecule has 3 N–H and O–H groups in total. The number of anilines is 3. The molecular formula is C25H23N5O3S2. The molecule has 3 heterocycles. The minimum atomic E-state index is -3.60. The Morgan fingerprint density at radius 3 is 2.71 bits per heavy atom. The van der Waals surface area contributed by atoms with Crippen LogP contribution >= 0.6 is 11.3 Å². The number of sulfonamides is 1. The fourth-order valence-corrected chi connectivity index (χ4v) is 5.60. The maximum absolute atomic E-state index is 12.6. The molecule has 35 heavy (non-hydrogen) atoms. The molecule has 2 aromatic carbocycles. The average molecular weight is 506 g/mol. The number of hydrogen-bond acceptors (Lipinski definition) is 7. The summed E-state index contributed by atoms with van der Waals surface area (Å²) < 4.78 is 27.8. The number of nitrogens with zero attached hydrogens (tertiary/aromatic N) is 2. The van der Waals surface area contributed by atoms with Gasteiger partial charge in [0.1, 0.15) is 0 Å². The fraction of sp³-hybridized carbons (Fsp3) is 0.160. The lowest BCUT2D eigenvalue weighted by Gasteiger charge is -2.11. The molecule has 178 valence electrons. The lowest BCUT2D eigenvalue weighted by atomic mass is 10.0. The van der Waals surface area contributed by atoms with Crippen LogP contribution in [0.4, 0.5) is 17.3 Å². The Labute approximate surface area is 207 Å². The van der Waals surface area contributed by atoms with Crippen molar-refractivity contribution in [1.82, 2.24) is 14.7 Å². The zero-order chi connectivity index (χ0) is 24.4. The highest BCUT2D eigenvalue weighted by atomic mass is 32.2. The van der Waals surface area contributed by atoms with Gasteiger partial charge in [0.15, 0.2) is 0 Å². The van der Waals surface area contributed by atoms with E-state index in [4.69, 9.17) is 0 Å². The van der Waals surface area contributed by atoms with E-state index in [2.05, 4.69) is 25.3 Å². The number of fused-ring (bicyclic) bond motifs is 3. The number of hydrogen-bond donors (Lipinski definition) is 3. The number of nitrogens with one attached hydrogen (secondary N) is 3. The molecule has 0 fully saturated rings. The first-order chi connectivity index (χ1) is 16.9. The van der Waals surface area contributed by atoms with Gasteiger partial charge in [-0.25, -0.2) is 23.1 Å². The summed E-state index contributed by atoms with van der Waals surface area (Å²) in [5, 5.41) is 8.03. The summed E-state index contributed by atoms with van der Waals surface area (Å²) in [4.78, 5) is 22.6. The van der Waals surface area contributed by atoms with E-state index in [1.807, 2.05) is 42.6 Å². The second-order valence-corrected chi connectivity index (χ2v) is 11.0. The third-order valence-electron chi connectivity index (χ3n) is 5.58. The van der Waals surface area contributed by atoms with E-state index in [9.17, 15) is 13.2 Å². The standard InChI is InChI=1S/C25H23N5O3S2/c1-16-4-9-21-22(13-16)29-23(31)14-17-15-26-25(30-24(17)21)28-18-5-7-20(8-6-18)35(32,33)27-11-10-19-3-2-12-34-19/h2-9,12-13,15,27H,10-11,14H2,1H3,(H,29,31)(H,26,28,30). The van der Waals surface area contributed by atoms with E-state index in [1.165, 1.54) is 0 Å². The second-order valence-electron chi connectivity index (χ2n) is 8.22. The third kappa shape index (κ3) is 5.24. The van der Waals surface area contributed by atoms with Gasteiger partial charge < -0.3 is 10.6 Å². The summed E-state index contributed by atoms with van der Waals surface area (Å²) in [7, 11) is -3.60. The summed E-state index contributed by atoms with van der Waals surface area (Å²) in [6.45, 7) is 2.30. The Balaban J connectivity index is 1.32. The molecule has 1 amide bonds. The minimum Gasteiger partial charge on any atom is -0.325 e. The van der Waals surface area contributed by atoms with Gasteiger partial charge in [-0.1, -0.05) is 18.2 Å². The Morgan fingerprint density at radius 2 is 1.94 bits per heavy atom. The van der Waals surface area contributed by atoms with Gasteiger partial charge in [0.05, 0.1) is 22.7 Å². The van der Waals surface area contributed by atoms with Crippen LogP contribution in [0.5, 0.6) is 0 Å². The number of benzene rings is 2. The maximum atomic E-state index is 12.6. The van der Waals surface area contributed by atoms with Crippen LogP contribution in [-0.4, -0.2) is 30.8 Å². The molecule has 2 aromatic heterocycles. The van der Waals surface area contributed by atoms with Crippen molar-refractivity contribution in [3.8, 4) is 11.3 Å². The minimum absolute atomic E-state index is 0.110. The number of aromatic nitrogens is 2. The van der Waals surface area contributed by atoms with E-state index in [0.29, 0.717) is 30.3 Å². The predicted octanol–water partition coefficient (Wildman–Crippen LogP) is 4.27. The highest BCUT2D eigenvalue weighted by Crippen LogP contribution is 2.33. The Bertz CT molecular complexity index is 1480. The van der Waals surface area contributed by atoms with Crippen molar-refractivity contribution in [2.24, 2.45) is 0 Å². The average Bonchev–Trinajstić information content (AvgIpc) is 3.29. The Morgan fingerprint density at radius 1 is 1.11 bits per heavy atom. The van der Waals surface area contributed by atoms with Crippen molar-refractivity contribution in [1.29, 1.82) is 0 Å². The summed E-state index contributed by atoms with van der Waals surface area (Å²) in [5.74, 6) is 0.245. The van der Waals surface area contributed by atoms with Crippen molar-refractivity contribution in [3.63, 3.8) is 0 Å². The number of amides is 1. The van der Waals surface area contributed by atoms with Gasteiger partial charge in [0.25, 0.3) is 0 Å². The monoisotopic (exact) mass is 505 g/mol. The van der Waals surface area contributed by atoms with Crippen molar-refractivity contribution in [3.05, 3.63) is 82.2 Å². The SMILES string of the molecule is Cc1ccc2c(c1)NC(=O)Cc1cnc(Nc3ccc(S(=O)(=O)NCCc4cccs4)cc3)nc1-2. The van der Waals surface area contributed by atoms with Crippen molar-refractivity contribution in [2.45, 2.75) is 24.7 Å². The first-order valence-electron chi connectivity index (χ1n) is 11.0. The zero-order valence-corrected chi connectivity index (χ0v) is 20.5. The van der Waals surface area contributed by atoms with Crippen LogP contribution in [0.25, 0.3) is 11.3 Å². The van der Waals surface area contributed by atoms with Crippen molar-refractivity contribution < 1.29 is 13.2 Å². The van der Waals surface area contributed by atoms with E-state index in [-0.39, 0.29) is 17.2 Å². The van der Waals surface area contributed by atoms with Crippen LogP contribution in [0.1, 0.15) is 16.0 Å². The lowest BCUT2D eigenvalue weighted by Crippen LogP contribution is -2.25. The number of thiophene rings is 1. The van der Waals surface area contributed by atoms with Gasteiger partial charge in [0.2, 0.25) is 21.9 Å². The van der Waals surface area contributed by atoms with E-state index in [0.717, 1.165) is 27.3 Å². The zero-order valence-electron chi connectivity index (χ0n) is 18.9. The molecule has 10 heteroatoms. The molecule has 0 saturated carbocycles. The summed E-state index contributed by atoms with van der Waals surface area (Å²) in [6, 6.07) is 16.2. The largest absolute Gasteiger partial charge is 0.325 e. The first-order valence-corrected chi connectivity index (χ1v) is 13.4. The molecule has 5 rings (SSSR count). The predicted molar refractivity (Wildman–Crippen MR) is 137 cm³/mol. The Hall–Kier alpha value is -3.60. The maximum Gasteiger partial charge on any atom is 0.240 e. The molecule has 1 aliphatic rings. The quantitative estimate of drug-likeness (QED) is 0.346. The second kappa shape index (κ2) is 9.57. The van der Waals surface area contributed by atoms with Gasteiger partial charge >= 0.3 is 0 Å². The topological polar surface area (TPSA) is 113 Å². The smallest absolute Gasteiger partial charge is 0.240 e. The molecule has 4 aromatic rings. The number of rotatable bonds is 7. The van der Waals surface area contributed by atoms with Crippen molar-refractivity contribution >= 4 is 44.6 Å². The molecule has 0 atom stereocenters. The number of aryl methyl sites for hydroxylation is 1. The lowest BCUT2D eigenvalue weighted by molar-refractivity contribution is -0.115. The van der Waals surface area contributed by atoms with Crippen LogP contribution in [-0.2, 0) is 27.7 Å². The molecule has 1 aliphatic heterocycles. The van der Waals surface area contributed by atoms with Crippen LogP contribution < -0.4 is 15.4 Å². The molecule has 0 unspecified atom stereocenters. The van der Waals surface area contributed by atoms with Crippen molar-refractivity contribution in [2.75, 3.05) is 17.2 Å². The van der Waals surface area contributed by atoms with E-state index < -0.39 is 10.0 Å². The van der Waals surface area contributed by atoms with Crippen LogP contribution in [0, 0.1) is 6.92 Å². The molecule has 0 aliphatic carbocycles. The van der Waals surface area contributed by atoms with Gasteiger partial charge in [-0.3, -0.25) is 4.79 Å². The number of carbonyl (C=O) groups excluding carboxylic acids is 1. The van der Waals surface area contributed by atoms with Crippen LogP contribution in [0.2, 0.25) is 0 Å². The molecular weight excluding hydrogens is 482 g/mol. The van der Waals surface area contributed by atoms with Gasteiger partial charge in [-0.15, -0.1) is 11.3 Å². The van der Waals surface area contributed by atoms with Crippen LogP contribution in [0.15, 0.2) is 71.1 Å². The molecule has 0 spiro atoms. The van der Waals surface area contributed by atoms with Gasteiger partial charge in [-0.05, 0) is 60.7 Å². The first kappa shape index (κ1) is 23.2.